The lowest BCUT2D eigenvalue weighted by atomic mass is 9.80. The summed E-state index contributed by atoms with van der Waals surface area (Å²) < 4.78 is 52.8. The maximum absolute atomic E-state index is 14.5. The third-order valence-corrected chi connectivity index (χ3v) is 5.92. The van der Waals surface area contributed by atoms with Crippen LogP contribution in [0.2, 0.25) is 0 Å². The van der Waals surface area contributed by atoms with Gasteiger partial charge in [0.15, 0.2) is 0 Å². The van der Waals surface area contributed by atoms with Gasteiger partial charge in [-0.15, -0.1) is 0 Å². The smallest absolute Gasteiger partial charge is 0.385 e. The standard InChI is InChI=1S/C21H21F4NO/c22-19-10-15(21(23,24)25)6-9-18(19)20(27)11-16-7-8-17(12-20)26(16)13-14-4-2-1-3-5-14/h1-6,9-10,16-17,27H,7-8,11-13H2. The van der Waals surface area contributed by atoms with Crippen LogP contribution in [0.4, 0.5) is 17.6 Å². The fourth-order valence-corrected chi connectivity index (χ4v) is 4.66. The van der Waals surface area contributed by atoms with Gasteiger partial charge < -0.3 is 5.11 Å². The molecule has 27 heavy (non-hydrogen) atoms. The molecule has 2 aliphatic rings. The third-order valence-electron chi connectivity index (χ3n) is 5.92. The van der Waals surface area contributed by atoms with E-state index in [1.807, 2.05) is 18.2 Å². The SMILES string of the molecule is OC1(c2ccc(C(F)(F)F)cc2F)CC2CCC(C1)N2Cc1ccccc1. The minimum Gasteiger partial charge on any atom is -0.385 e. The molecule has 0 amide bonds. The molecule has 1 N–H and O–H groups in total. The minimum atomic E-state index is -4.60. The second kappa shape index (κ2) is 6.60. The van der Waals surface area contributed by atoms with E-state index in [9.17, 15) is 22.7 Å². The average Bonchev–Trinajstić information content (AvgIpc) is 2.85. The van der Waals surface area contributed by atoms with Gasteiger partial charge in [0, 0.05) is 24.2 Å². The molecule has 0 aliphatic carbocycles. The normalized spacial score (nSPS) is 28.5. The highest BCUT2D eigenvalue weighted by Gasteiger charge is 2.49. The van der Waals surface area contributed by atoms with Crippen molar-refractivity contribution in [2.75, 3.05) is 0 Å². The molecule has 2 fully saturated rings. The van der Waals surface area contributed by atoms with Crippen molar-refractivity contribution >= 4 is 0 Å². The molecule has 2 atom stereocenters. The van der Waals surface area contributed by atoms with Crippen molar-refractivity contribution < 1.29 is 22.7 Å². The largest absolute Gasteiger partial charge is 0.416 e. The summed E-state index contributed by atoms with van der Waals surface area (Å²) in [5, 5.41) is 11.1. The van der Waals surface area contributed by atoms with Crippen LogP contribution in [0.3, 0.4) is 0 Å². The fourth-order valence-electron chi connectivity index (χ4n) is 4.66. The van der Waals surface area contributed by atoms with Gasteiger partial charge in [-0.1, -0.05) is 36.4 Å². The molecule has 144 valence electrons. The van der Waals surface area contributed by atoms with Crippen LogP contribution in [0.15, 0.2) is 48.5 Å². The number of hydrogen-bond acceptors (Lipinski definition) is 2. The van der Waals surface area contributed by atoms with Crippen molar-refractivity contribution in [3.8, 4) is 0 Å². The van der Waals surface area contributed by atoms with Crippen LogP contribution in [-0.4, -0.2) is 22.1 Å². The predicted octanol–water partition coefficient (Wildman–Crippen LogP) is 4.86. The molecular weight excluding hydrogens is 358 g/mol. The molecule has 6 heteroatoms. The Morgan fingerprint density at radius 3 is 2.19 bits per heavy atom. The molecule has 2 aliphatic heterocycles. The maximum Gasteiger partial charge on any atom is 0.416 e. The number of piperidine rings is 1. The van der Waals surface area contributed by atoms with E-state index in [0.29, 0.717) is 18.9 Å². The third kappa shape index (κ3) is 3.48. The molecule has 2 aromatic rings. The Morgan fingerprint density at radius 2 is 1.63 bits per heavy atom. The molecule has 2 nitrogen and oxygen atoms in total. The molecule has 2 heterocycles. The lowest BCUT2D eigenvalue weighted by Gasteiger charge is -2.44. The highest BCUT2D eigenvalue weighted by atomic mass is 19.4. The van der Waals surface area contributed by atoms with Crippen molar-refractivity contribution in [3.05, 3.63) is 71.0 Å². The molecule has 2 aromatic carbocycles. The highest BCUT2D eigenvalue weighted by Crippen LogP contribution is 2.47. The zero-order chi connectivity index (χ0) is 19.2. The Labute approximate surface area is 155 Å². The van der Waals surface area contributed by atoms with Gasteiger partial charge in [0.05, 0.1) is 11.2 Å². The Kier molecular flexibility index (Phi) is 4.51. The fraction of sp³-hybridized carbons (Fsp3) is 0.429. The topological polar surface area (TPSA) is 23.5 Å². The summed E-state index contributed by atoms with van der Waals surface area (Å²) in [6, 6.07) is 12.7. The van der Waals surface area contributed by atoms with Crippen LogP contribution in [0, 0.1) is 5.82 Å². The summed E-state index contributed by atoms with van der Waals surface area (Å²) in [4.78, 5) is 2.34. The highest BCUT2D eigenvalue weighted by molar-refractivity contribution is 5.32. The van der Waals surface area contributed by atoms with E-state index in [1.54, 1.807) is 0 Å². The van der Waals surface area contributed by atoms with Crippen LogP contribution < -0.4 is 0 Å². The molecule has 2 bridgehead atoms. The van der Waals surface area contributed by atoms with Gasteiger partial charge in [0.1, 0.15) is 5.82 Å². The maximum atomic E-state index is 14.5. The molecule has 0 radical (unpaired) electrons. The lowest BCUT2D eigenvalue weighted by molar-refractivity contribution is -0.137. The van der Waals surface area contributed by atoms with Gasteiger partial charge in [0.25, 0.3) is 0 Å². The quantitative estimate of drug-likeness (QED) is 0.770. The number of nitrogens with zero attached hydrogens (tertiary/aromatic N) is 1. The first-order chi connectivity index (χ1) is 12.8. The minimum absolute atomic E-state index is 0.0215. The molecule has 0 aromatic heterocycles. The molecule has 0 saturated carbocycles. The summed E-state index contributed by atoms with van der Waals surface area (Å²) in [6.07, 6.45) is -2.12. The number of halogens is 4. The molecule has 0 spiro atoms. The summed E-state index contributed by atoms with van der Waals surface area (Å²) in [5.41, 5.74) is -1.29. The van der Waals surface area contributed by atoms with Crippen molar-refractivity contribution in [1.29, 1.82) is 0 Å². The molecule has 2 unspecified atom stereocenters. The number of hydrogen-bond donors (Lipinski definition) is 1. The van der Waals surface area contributed by atoms with Gasteiger partial charge in [-0.2, -0.15) is 13.2 Å². The summed E-state index contributed by atoms with van der Waals surface area (Å²) in [7, 11) is 0. The van der Waals surface area contributed by atoms with Crippen molar-refractivity contribution in [1.82, 2.24) is 4.90 Å². The second-order valence-electron chi connectivity index (χ2n) is 7.68. The first-order valence-corrected chi connectivity index (χ1v) is 9.15. The van der Waals surface area contributed by atoms with Crippen LogP contribution in [0.1, 0.15) is 42.4 Å². The zero-order valence-electron chi connectivity index (χ0n) is 14.7. The van der Waals surface area contributed by atoms with E-state index in [2.05, 4.69) is 17.0 Å². The molecule has 2 saturated heterocycles. The van der Waals surface area contributed by atoms with Crippen molar-refractivity contribution in [2.24, 2.45) is 0 Å². The van der Waals surface area contributed by atoms with E-state index >= 15 is 0 Å². The molecular formula is C21H21F4NO. The Bertz CT molecular complexity index is 807. The lowest BCUT2D eigenvalue weighted by Crippen LogP contribution is -2.49. The van der Waals surface area contributed by atoms with Gasteiger partial charge in [-0.25, -0.2) is 4.39 Å². The zero-order valence-corrected chi connectivity index (χ0v) is 14.7. The number of benzene rings is 2. The number of fused-ring (bicyclic) bond motifs is 2. The van der Waals surface area contributed by atoms with E-state index in [-0.39, 0.29) is 17.6 Å². The van der Waals surface area contributed by atoms with E-state index in [4.69, 9.17) is 0 Å². The van der Waals surface area contributed by atoms with Crippen LogP contribution in [0.5, 0.6) is 0 Å². The van der Waals surface area contributed by atoms with Gasteiger partial charge in [-0.3, -0.25) is 4.90 Å². The number of rotatable bonds is 3. The summed E-state index contributed by atoms with van der Waals surface area (Å²) in [5.74, 6) is -0.983. The Hall–Kier alpha value is -1.92. The van der Waals surface area contributed by atoms with Crippen molar-refractivity contribution in [3.63, 3.8) is 0 Å². The van der Waals surface area contributed by atoms with Gasteiger partial charge in [0.2, 0.25) is 0 Å². The predicted molar refractivity (Wildman–Crippen MR) is 93.3 cm³/mol. The van der Waals surface area contributed by atoms with Crippen LogP contribution >= 0.6 is 0 Å². The van der Waals surface area contributed by atoms with E-state index in [1.165, 1.54) is 5.56 Å². The number of aliphatic hydroxyl groups is 1. The first kappa shape index (κ1) is 18.4. The Balaban J connectivity index is 1.57. The van der Waals surface area contributed by atoms with Crippen LogP contribution in [-0.2, 0) is 18.3 Å². The molecule has 4 rings (SSSR count). The second-order valence-corrected chi connectivity index (χ2v) is 7.68. The average molecular weight is 379 g/mol. The monoisotopic (exact) mass is 379 g/mol. The summed E-state index contributed by atoms with van der Waals surface area (Å²) >= 11 is 0. The summed E-state index contributed by atoms with van der Waals surface area (Å²) in [6.45, 7) is 0.766. The number of alkyl halides is 3. The van der Waals surface area contributed by atoms with Gasteiger partial charge >= 0.3 is 6.18 Å². The first-order valence-electron chi connectivity index (χ1n) is 9.15. The van der Waals surface area contributed by atoms with E-state index < -0.39 is 23.2 Å². The van der Waals surface area contributed by atoms with Crippen LogP contribution in [0.25, 0.3) is 0 Å². The van der Waals surface area contributed by atoms with Gasteiger partial charge in [-0.05, 0) is 43.4 Å². The van der Waals surface area contributed by atoms with E-state index in [0.717, 1.165) is 31.5 Å². The Morgan fingerprint density at radius 1 is 1.00 bits per heavy atom. The van der Waals surface area contributed by atoms with Crippen molar-refractivity contribution in [2.45, 2.75) is 56.1 Å².